The highest BCUT2D eigenvalue weighted by atomic mass is 19.2. The van der Waals surface area contributed by atoms with Gasteiger partial charge >= 0.3 is 6.09 Å². The fraction of sp³-hybridized carbons (Fsp3) is 0.308. The lowest BCUT2D eigenvalue weighted by Crippen LogP contribution is -2.43. The molecule has 0 spiro atoms. The smallest absolute Gasteiger partial charge is 0.404 e. The standard InChI is InChI=1S/C13H12F3NO3/c1-6-2-11(17-13(18)19)12(20-5-6)7-3-9(15)10(16)4-8(7)14/h3-4,11-12,17H,1-2,5H2,(H,18,19)/t11-,12+/m0/s1. The summed E-state index contributed by atoms with van der Waals surface area (Å²) in [5, 5.41) is 10.9. The van der Waals surface area contributed by atoms with Crippen molar-refractivity contribution in [2.75, 3.05) is 6.61 Å². The van der Waals surface area contributed by atoms with Crippen LogP contribution in [0.3, 0.4) is 0 Å². The molecular formula is C13H12F3NO3. The molecule has 1 aromatic rings. The molecule has 1 aromatic carbocycles. The van der Waals surface area contributed by atoms with Crippen LogP contribution < -0.4 is 5.32 Å². The van der Waals surface area contributed by atoms with Gasteiger partial charge in [0.05, 0.1) is 12.6 Å². The number of carboxylic acid groups (broad SMARTS) is 1. The van der Waals surface area contributed by atoms with Crippen LogP contribution in [-0.4, -0.2) is 23.8 Å². The Bertz CT molecular complexity index is 560. The number of halogens is 3. The molecule has 0 aliphatic carbocycles. The molecule has 1 fully saturated rings. The molecule has 1 amide bonds. The lowest BCUT2D eigenvalue weighted by Gasteiger charge is -2.33. The van der Waals surface area contributed by atoms with Crippen molar-refractivity contribution in [1.29, 1.82) is 0 Å². The van der Waals surface area contributed by atoms with E-state index in [0.29, 0.717) is 17.7 Å². The van der Waals surface area contributed by atoms with E-state index in [-0.39, 0.29) is 18.6 Å². The quantitative estimate of drug-likeness (QED) is 0.649. The van der Waals surface area contributed by atoms with Crippen LogP contribution in [0.25, 0.3) is 0 Å². The predicted octanol–water partition coefficient (Wildman–Crippen LogP) is 2.76. The zero-order valence-corrected chi connectivity index (χ0v) is 10.3. The van der Waals surface area contributed by atoms with Crippen LogP contribution in [0.2, 0.25) is 0 Å². The molecule has 0 aromatic heterocycles. The first-order valence-electron chi connectivity index (χ1n) is 5.80. The number of hydrogen-bond donors (Lipinski definition) is 2. The average Bonchev–Trinajstić information content (AvgIpc) is 2.34. The van der Waals surface area contributed by atoms with Crippen molar-refractivity contribution in [2.45, 2.75) is 18.6 Å². The van der Waals surface area contributed by atoms with Crippen molar-refractivity contribution < 1.29 is 27.8 Å². The molecule has 4 nitrogen and oxygen atoms in total. The van der Waals surface area contributed by atoms with Crippen LogP contribution >= 0.6 is 0 Å². The van der Waals surface area contributed by atoms with Gasteiger partial charge in [0.1, 0.15) is 11.9 Å². The molecule has 1 aliphatic rings. The minimum atomic E-state index is -1.32. The fourth-order valence-corrected chi connectivity index (χ4v) is 2.15. The van der Waals surface area contributed by atoms with Gasteiger partial charge in [-0.1, -0.05) is 6.58 Å². The summed E-state index contributed by atoms with van der Waals surface area (Å²) in [5.41, 5.74) is 0.401. The van der Waals surface area contributed by atoms with Crippen LogP contribution in [0, 0.1) is 17.5 Å². The van der Waals surface area contributed by atoms with Gasteiger partial charge in [-0.25, -0.2) is 18.0 Å². The Morgan fingerprint density at radius 1 is 1.30 bits per heavy atom. The van der Waals surface area contributed by atoms with E-state index >= 15 is 0 Å². The Morgan fingerprint density at radius 3 is 2.60 bits per heavy atom. The fourth-order valence-electron chi connectivity index (χ4n) is 2.15. The van der Waals surface area contributed by atoms with Crippen molar-refractivity contribution in [2.24, 2.45) is 0 Å². The summed E-state index contributed by atoms with van der Waals surface area (Å²) < 4.78 is 45.2. The highest BCUT2D eigenvalue weighted by Gasteiger charge is 2.33. The van der Waals surface area contributed by atoms with Gasteiger partial charge in [-0.15, -0.1) is 0 Å². The van der Waals surface area contributed by atoms with Crippen LogP contribution in [0.1, 0.15) is 18.1 Å². The van der Waals surface area contributed by atoms with E-state index in [1.165, 1.54) is 0 Å². The molecule has 2 rings (SSSR count). The molecule has 7 heteroatoms. The van der Waals surface area contributed by atoms with E-state index in [0.717, 1.165) is 0 Å². The number of benzene rings is 1. The second-order valence-corrected chi connectivity index (χ2v) is 4.53. The van der Waals surface area contributed by atoms with Gasteiger partial charge in [-0.2, -0.15) is 0 Å². The molecule has 2 atom stereocenters. The zero-order valence-electron chi connectivity index (χ0n) is 10.3. The summed E-state index contributed by atoms with van der Waals surface area (Å²) in [4.78, 5) is 10.7. The molecule has 0 radical (unpaired) electrons. The molecule has 0 bridgehead atoms. The number of nitrogens with one attached hydrogen (secondary N) is 1. The Balaban J connectivity index is 2.35. The minimum absolute atomic E-state index is 0.0981. The first kappa shape index (κ1) is 14.4. The molecule has 0 unspecified atom stereocenters. The monoisotopic (exact) mass is 287 g/mol. The molecular weight excluding hydrogens is 275 g/mol. The SMILES string of the molecule is C=C1CO[C@H](c2cc(F)c(F)cc2F)[C@@H](NC(=O)O)C1. The van der Waals surface area contributed by atoms with Crippen molar-refractivity contribution in [3.8, 4) is 0 Å². The normalized spacial score (nSPS) is 22.6. The number of hydrogen-bond acceptors (Lipinski definition) is 2. The van der Waals surface area contributed by atoms with Gasteiger partial charge in [-0.3, -0.25) is 0 Å². The molecule has 0 saturated carbocycles. The third kappa shape index (κ3) is 2.93. The molecule has 1 aliphatic heterocycles. The Labute approximate surface area is 112 Å². The van der Waals surface area contributed by atoms with Crippen molar-refractivity contribution in [1.82, 2.24) is 5.32 Å². The van der Waals surface area contributed by atoms with E-state index in [1.807, 2.05) is 0 Å². The van der Waals surface area contributed by atoms with Crippen molar-refractivity contribution >= 4 is 6.09 Å². The van der Waals surface area contributed by atoms with E-state index in [2.05, 4.69) is 11.9 Å². The van der Waals surface area contributed by atoms with E-state index in [1.54, 1.807) is 0 Å². The van der Waals surface area contributed by atoms with Crippen LogP contribution in [0.4, 0.5) is 18.0 Å². The number of rotatable bonds is 2. The van der Waals surface area contributed by atoms with Gasteiger partial charge < -0.3 is 15.2 Å². The number of amides is 1. The van der Waals surface area contributed by atoms with Crippen molar-refractivity contribution in [3.05, 3.63) is 47.3 Å². The maximum atomic E-state index is 13.7. The van der Waals surface area contributed by atoms with Gasteiger partial charge in [0.25, 0.3) is 0 Å². The lowest BCUT2D eigenvalue weighted by molar-refractivity contribution is 0.0141. The maximum absolute atomic E-state index is 13.7. The predicted molar refractivity (Wildman–Crippen MR) is 63.7 cm³/mol. The summed E-state index contributed by atoms with van der Waals surface area (Å²) in [6.45, 7) is 3.77. The Hall–Kier alpha value is -2.02. The second kappa shape index (κ2) is 5.54. The summed E-state index contributed by atoms with van der Waals surface area (Å²) in [5.74, 6) is -3.52. The van der Waals surface area contributed by atoms with Crippen LogP contribution in [0.15, 0.2) is 24.3 Å². The molecule has 2 N–H and O–H groups in total. The highest BCUT2D eigenvalue weighted by molar-refractivity contribution is 5.65. The molecule has 1 saturated heterocycles. The third-order valence-electron chi connectivity index (χ3n) is 3.00. The third-order valence-corrected chi connectivity index (χ3v) is 3.00. The topological polar surface area (TPSA) is 58.6 Å². The van der Waals surface area contributed by atoms with Gasteiger partial charge in [-0.05, 0) is 18.1 Å². The minimum Gasteiger partial charge on any atom is -0.465 e. The molecule has 20 heavy (non-hydrogen) atoms. The summed E-state index contributed by atoms with van der Waals surface area (Å²) in [6.07, 6.45) is -2.12. The van der Waals surface area contributed by atoms with Crippen LogP contribution in [0.5, 0.6) is 0 Å². The molecule has 1 heterocycles. The summed E-state index contributed by atoms with van der Waals surface area (Å²) in [7, 11) is 0. The van der Waals surface area contributed by atoms with Gasteiger partial charge in [0, 0.05) is 11.6 Å². The van der Waals surface area contributed by atoms with Gasteiger partial charge in [0.2, 0.25) is 0 Å². The summed E-state index contributed by atoms with van der Waals surface area (Å²) >= 11 is 0. The van der Waals surface area contributed by atoms with Gasteiger partial charge in [0.15, 0.2) is 11.6 Å². The maximum Gasteiger partial charge on any atom is 0.404 e. The zero-order chi connectivity index (χ0) is 14.9. The van der Waals surface area contributed by atoms with E-state index in [4.69, 9.17) is 9.84 Å². The number of carbonyl (C=O) groups is 1. The first-order valence-corrected chi connectivity index (χ1v) is 5.80. The average molecular weight is 287 g/mol. The largest absolute Gasteiger partial charge is 0.465 e. The lowest BCUT2D eigenvalue weighted by atomic mass is 9.93. The van der Waals surface area contributed by atoms with Crippen LogP contribution in [-0.2, 0) is 4.74 Å². The summed E-state index contributed by atoms with van der Waals surface area (Å²) in [6, 6.07) is 0.281. The van der Waals surface area contributed by atoms with E-state index in [9.17, 15) is 18.0 Å². The highest BCUT2D eigenvalue weighted by Crippen LogP contribution is 2.32. The van der Waals surface area contributed by atoms with Crippen molar-refractivity contribution in [3.63, 3.8) is 0 Å². The molecule has 108 valence electrons. The second-order valence-electron chi connectivity index (χ2n) is 4.53. The Morgan fingerprint density at radius 2 is 1.95 bits per heavy atom. The first-order chi connectivity index (χ1) is 9.38. The Kier molecular flexibility index (Phi) is 3.99. The van der Waals surface area contributed by atoms with E-state index < -0.39 is 35.7 Å². The number of ether oxygens (including phenoxy) is 1.